The van der Waals surface area contributed by atoms with Crippen LogP contribution in [0.4, 0.5) is 0 Å². The number of para-hydroxylation sites is 2. The van der Waals surface area contributed by atoms with Crippen molar-refractivity contribution in [3.63, 3.8) is 0 Å². The number of hydrogen-bond acceptors (Lipinski definition) is 3. The third kappa shape index (κ3) is 4.60. The van der Waals surface area contributed by atoms with E-state index in [4.69, 9.17) is 10.5 Å². The molecule has 0 saturated carbocycles. The molecular formula is C18H22N2O2. The fourth-order valence-electron chi connectivity index (χ4n) is 2.12. The molecule has 2 rings (SSSR count). The molecule has 0 aliphatic carbocycles. The standard InChI is InChI=1S/C18H22N2O2/c1-2-8-16(19)18(21)20-13-14-9-6-7-12-17(14)22-15-10-4-3-5-11-15/h3-7,9-12,16H,2,8,13,19H2,1H3,(H,20,21). The van der Waals surface area contributed by atoms with Gasteiger partial charge in [0.1, 0.15) is 11.5 Å². The minimum absolute atomic E-state index is 0.128. The zero-order valence-corrected chi connectivity index (χ0v) is 12.8. The summed E-state index contributed by atoms with van der Waals surface area (Å²) in [7, 11) is 0. The van der Waals surface area contributed by atoms with Crippen LogP contribution >= 0.6 is 0 Å². The smallest absolute Gasteiger partial charge is 0.237 e. The van der Waals surface area contributed by atoms with Gasteiger partial charge in [-0.05, 0) is 24.6 Å². The van der Waals surface area contributed by atoms with E-state index in [0.717, 1.165) is 23.5 Å². The molecular weight excluding hydrogens is 276 g/mol. The molecule has 0 fully saturated rings. The monoisotopic (exact) mass is 298 g/mol. The van der Waals surface area contributed by atoms with Gasteiger partial charge < -0.3 is 15.8 Å². The molecule has 3 N–H and O–H groups in total. The van der Waals surface area contributed by atoms with Crippen LogP contribution in [0.5, 0.6) is 11.5 Å². The van der Waals surface area contributed by atoms with Gasteiger partial charge in [0, 0.05) is 12.1 Å². The summed E-state index contributed by atoms with van der Waals surface area (Å²) in [5, 5.41) is 2.87. The number of nitrogens with one attached hydrogen (secondary N) is 1. The Morgan fingerprint density at radius 1 is 1.14 bits per heavy atom. The first-order valence-corrected chi connectivity index (χ1v) is 7.54. The number of ether oxygens (including phenoxy) is 1. The lowest BCUT2D eigenvalue weighted by molar-refractivity contribution is -0.122. The van der Waals surface area contributed by atoms with E-state index < -0.39 is 6.04 Å². The van der Waals surface area contributed by atoms with Crippen LogP contribution in [0.25, 0.3) is 0 Å². The third-order valence-corrected chi connectivity index (χ3v) is 3.33. The maximum Gasteiger partial charge on any atom is 0.237 e. The van der Waals surface area contributed by atoms with Crippen molar-refractivity contribution >= 4 is 5.91 Å². The summed E-state index contributed by atoms with van der Waals surface area (Å²) in [6.45, 7) is 2.41. The van der Waals surface area contributed by atoms with Gasteiger partial charge in [-0.2, -0.15) is 0 Å². The maximum atomic E-state index is 11.9. The minimum Gasteiger partial charge on any atom is -0.457 e. The van der Waals surface area contributed by atoms with Crippen molar-refractivity contribution in [2.24, 2.45) is 5.73 Å². The van der Waals surface area contributed by atoms with Crippen molar-refractivity contribution < 1.29 is 9.53 Å². The number of carbonyl (C=O) groups is 1. The Balaban J connectivity index is 2.01. The van der Waals surface area contributed by atoms with Crippen molar-refractivity contribution in [3.8, 4) is 11.5 Å². The van der Waals surface area contributed by atoms with Gasteiger partial charge in [0.15, 0.2) is 0 Å². The van der Waals surface area contributed by atoms with Crippen LogP contribution < -0.4 is 15.8 Å². The fourth-order valence-corrected chi connectivity index (χ4v) is 2.12. The second-order valence-electron chi connectivity index (χ2n) is 5.14. The zero-order chi connectivity index (χ0) is 15.8. The molecule has 0 spiro atoms. The first kappa shape index (κ1) is 16.0. The summed E-state index contributed by atoms with van der Waals surface area (Å²) < 4.78 is 5.87. The Hall–Kier alpha value is -2.33. The average molecular weight is 298 g/mol. The average Bonchev–Trinajstić information content (AvgIpc) is 2.55. The number of hydrogen-bond donors (Lipinski definition) is 2. The molecule has 22 heavy (non-hydrogen) atoms. The molecule has 0 bridgehead atoms. The van der Waals surface area contributed by atoms with Crippen LogP contribution in [0.2, 0.25) is 0 Å². The van der Waals surface area contributed by atoms with Crippen LogP contribution in [-0.4, -0.2) is 11.9 Å². The second-order valence-corrected chi connectivity index (χ2v) is 5.14. The van der Waals surface area contributed by atoms with Gasteiger partial charge >= 0.3 is 0 Å². The highest BCUT2D eigenvalue weighted by molar-refractivity contribution is 5.81. The van der Waals surface area contributed by atoms with Crippen LogP contribution in [0.1, 0.15) is 25.3 Å². The predicted octanol–water partition coefficient (Wildman–Crippen LogP) is 3.22. The molecule has 2 aromatic rings. The van der Waals surface area contributed by atoms with Crippen molar-refractivity contribution in [1.29, 1.82) is 0 Å². The predicted molar refractivity (Wildman–Crippen MR) is 87.7 cm³/mol. The molecule has 1 amide bonds. The zero-order valence-electron chi connectivity index (χ0n) is 12.8. The first-order chi connectivity index (χ1) is 10.7. The van der Waals surface area contributed by atoms with Crippen molar-refractivity contribution in [2.75, 3.05) is 0 Å². The van der Waals surface area contributed by atoms with E-state index in [1.165, 1.54) is 0 Å². The van der Waals surface area contributed by atoms with Gasteiger partial charge in [0.05, 0.1) is 6.04 Å². The Bertz CT molecular complexity index is 599. The lowest BCUT2D eigenvalue weighted by Gasteiger charge is -2.14. The fraction of sp³-hybridized carbons (Fsp3) is 0.278. The molecule has 2 aromatic carbocycles. The molecule has 116 valence electrons. The summed E-state index contributed by atoms with van der Waals surface area (Å²) in [4.78, 5) is 11.9. The maximum absolute atomic E-state index is 11.9. The number of amides is 1. The van der Waals surface area contributed by atoms with E-state index in [1.54, 1.807) is 0 Å². The first-order valence-electron chi connectivity index (χ1n) is 7.54. The molecule has 1 atom stereocenters. The van der Waals surface area contributed by atoms with Crippen LogP contribution in [0.15, 0.2) is 54.6 Å². The SMILES string of the molecule is CCCC(N)C(=O)NCc1ccccc1Oc1ccccc1. The van der Waals surface area contributed by atoms with E-state index >= 15 is 0 Å². The minimum atomic E-state index is -0.452. The normalized spacial score (nSPS) is 11.7. The summed E-state index contributed by atoms with van der Waals surface area (Å²) >= 11 is 0. The largest absolute Gasteiger partial charge is 0.457 e. The molecule has 4 nitrogen and oxygen atoms in total. The molecule has 0 radical (unpaired) electrons. The van der Waals surface area contributed by atoms with Crippen LogP contribution in [-0.2, 0) is 11.3 Å². The Morgan fingerprint density at radius 2 is 1.82 bits per heavy atom. The van der Waals surface area contributed by atoms with E-state index in [1.807, 2.05) is 61.5 Å². The number of nitrogens with two attached hydrogens (primary N) is 1. The van der Waals surface area contributed by atoms with Crippen molar-refractivity contribution in [3.05, 3.63) is 60.2 Å². The highest BCUT2D eigenvalue weighted by Gasteiger charge is 2.12. The summed E-state index contributed by atoms with van der Waals surface area (Å²) in [5.41, 5.74) is 6.73. The Kier molecular flexibility index (Phi) is 5.98. The van der Waals surface area contributed by atoms with E-state index in [9.17, 15) is 4.79 Å². The lowest BCUT2D eigenvalue weighted by Crippen LogP contribution is -2.40. The Labute approximate surface area is 131 Å². The molecule has 0 aromatic heterocycles. The highest BCUT2D eigenvalue weighted by atomic mass is 16.5. The Morgan fingerprint density at radius 3 is 2.55 bits per heavy atom. The molecule has 0 heterocycles. The van der Waals surface area contributed by atoms with E-state index in [0.29, 0.717) is 13.0 Å². The van der Waals surface area contributed by atoms with Gasteiger partial charge in [0.25, 0.3) is 0 Å². The highest BCUT2D eigenvalue weighted by Crippen LogP contribution is 2.24. The summed E-state index contributed by atoms with van der Waals surface area (Å²) in [6.07, 6.45) is 1.58. The van der Waals surface area contributed by atoms with Crippen LogP contribution in [0, 0.1) is 0 Å². The van der Waals surface area contributed by atoms with Gasteiger partial charge in [-0.25, -0.2) is 0 Å². The van der Waals surface area contributed by atoms with Crippen molar-refractivity contribution in [2.45, 2.75) is 32.4 Å². The number of rotatable bonds is 7. The van der Waals surface area contributed by atoms with E-state index in [2.05, 4.69) is 5.32 Å². The molecule has 0 aliphatic rings. The van der Waals surface area contributed by atoms with Gasteiger partial charge in [0.2, 0.25) is 5.91 Å². The van der Waals surface area contributed by atoms with Crippen molar-refractivity contribution in [1.82, 2.24) is 5.32 Å². The summed E-state index contributed by atoms with van der Waals surface area (Å²) in [6, 6.07) is 16.8. The van der Waals surface area contributed by atoms with Gasteiger partial charge in [-0.1, -0.05) is 49.7 Å². The summed E-state index contributed by atoms with van der Waals surface area (Å²) in [5.74, 6) is 1.37. The van der Waals surface area contributed by atoms with E-state index in [-0.39, 0.29) is 5.91 Å². The molecule has 0 saturated heterocycles. The topological polar surface area (TPSA) is 64.4 Å². The number of carbonyl (C=O) groups excluding carboxylic acids is 1. The quantitative estimate of drug-likeness (QED) is 0.825. The third-order valence-electron chi connectivity index (χ3n) is 3.33. The van der Waals surface area contributed by atoms with Gasteiger partial charge in [-0.3, -0.25) is 4.79 Å². The molecule has 4 heteroatoms. The number of benzene rings is 2. The molecule has 0 aliphatic heterocycles. The lowest BCUT2D eigenvalue weighted by atomic mass is 10.1. The second kappa shape index (κ2) is 8.20. The van der Waals surface area contributed by atoms with Gasteiger partial charge in [-0.15, -0.1) is 0 Å². The van der Waals surface area contributed by atoms with Crippen LogP contribution in [0.3, 0.4) is 0 Å². The molecule has 1 unspecified atom stereocenters.